The molecule has 0 aliphatic carbocycles. The number of aryl methyl sites for hydroxylation is 1. The lowest BCUT2D eigenvalue weighted by Gasteiger charge is -2.35. The van der Waals surface area contributed by atoms with Gasteiger partial charge >= 0.3 is 0 Å². The number of hydrogen-bond acceptors (Lipinski definition) is 2. The highest BCUT2D eigenvalue weighted by Crippen LogP contribution is 2.31. The molecule has 4 rings (SSSR count). The van der Waals surface area contributed by atoms with Gasteiger partial charge in [-0.25, -0.2) is 4.39 Å². The molecule has 1 aromatic heterocycles. The summed E-state index contributed by atoms with van der Waals surface area (Å²) in [7, 11) is 0. The molecule has 1 aliphatic rings. The van der Waals surface area contributed by atoms with Crippen molar-refractivity contribution < 1.29 is 9.18 Å². The number of hydrogen-bond donors (Lipinski definition) is 0. The van der Waals surface area contributed by atoms with E-state index in [0.717, 1.165) is 35.2 Å². The largest absolute Gasteiger partial charge is 0.332 e. The molecule has 1 atom stereocenters. The van der Waals surface area contributed by atoms with Gasteiger partial charge in [-0.3, -0.25) is 9.48 Å². The van der Waals surface area contributed by atoms with Gasteiger partial charge in [0.15, 0.2) is 0 Å². The zero-order chi connectivity index (χ0) is 19.0. The molecule has 5 heteroatoms. The standard InChI is InChI=1S/C22H22FN3O/c1-3-25-14-19(13-24-25)17-5-4-6-18(11-17)22(27)26-10-9-16-7-8-20(23)12-21(16)15(26)2/h4-8,11-15H,3,9-10H2,1-2H3/t15-/m0/s1. The average molecular weight is 363 g/mol. The van der Waals surface area contributed by atoms with Crippen molar-refractivity contribution in [1.29, 1.82) is 0 Å². The highest BCUT2D eigenvalue weighted by molar-refractivity contribution is 5.96. The molecule has 138 valence electrons. The number of amides is 1. The molecule has 4 nitrogen and oxygen atoms in total. The summed E-state index contributed by atoms with van der Waals surface area (Å²) in [4.78, 5) is 15.0. The fourth-order valence-corrected chi connectivity index (χ4v) is 3.75. The normalized spacial score (nSPS) is 16.3. The molecular formula is C22H22FN3O. The van der Waals surface area contributed by atoms with Crippen LogP contribution in [0.2, 0.25) is 0 Å². The summed E-state index contributed by atoms with van der Waals surface area (Å²) in [5.41, 5.74) is 4.62. The van der Waals surface area contributed by atoms with E-state index in [1.165, 1.54) is 6.07 Å². The fraction of sp³-hybridized carbons (Fsp3) is 0.273. The van der Waals surface area contributed by atoms with Gasteiger partial charge in [0.2, 0.25) is 0 Å². The third kappa shape index (κ3) is 3.25. The Hall–Kier alpha value is -2.95. The highest BCUT2D eigenvalue weighted by Gasteiger charge is 2.28. The van der Waals surface area contributed by atoms with E-state index >= 15 is 0 Å². The van der Waals surface area contributed by atoms with Gasteiger partial charge < -0.3 is 4.90 Å². The van der Waals surface area contributed by atoms with E-state index in [2.05, 4.69) is 5.10 Å². The summed E-state index contributed by atoms with van der Waals surface area (Å²) in [6.07, 6.45) is 4.54. The first-order chi connectivity index (χ1) is 13.1. The second-order valence-corrected chi connectivity index (χ2v) is 6.93. The van der Waals surface area contributed by atoms with Crippen molar-refractivity contribution in [2.45, 2.75) is 32.9 Å². The first kappa shape index (κ1) is 17.5. The molecule has 0 saturated carbocycles. The molecule has 0 spiro atoms. The second kappa shape index (κ2) is 6.99. The zero-order valence-electron chi connectivity index (χ0n) is 15.5. The van der Waals surface area contributed by atoms with Crippen LogP contribution >= 0.6 is 0 Å². The third-order valence-electron chi connectivity index (χ3n) is 5.31. The third-order valence-corrected chi connectivity index (χ3v) is 5.31. The van der Waals surface area contributed by atoms with Crippen LogP contribution in [0.5, 0.6) is 0 Å². The number of aromatic nitrogens is 2. The van der Waals surface area contributed by atoms with Crippen LogP contribution in [0.4, 0.5) is 4.39 Å². The lowest BCUT2D eigenvalue weighted by Crippen LogP contribution is -2.38. The lowest BCUT2D eigenvalue weighted by atomic mass is 9.92. The molecule has 0 radical (unpaired) electrons. The smallest absolute Gasteiger partial charge is 0.254 e. The van der Waals surface area contributed by atoms with Crippen LogP contribution in [0.15, 0.2) is 54.9 Å². The number of benzene rings is 2. The summed E-state index contributed by atoms with van der Waals surface area (Å²) >= 11 is 0. The molecule has 1 amide bonds. The van der Waals surface area contributed by atoms with E-state index in [-0.39, 0.29) is 17.8 Å². The summed E-state index contributed by atoms with van der Waals surface area (Å²) in [6.45, 7) is 5.44. The monoisotopic (exact) mass is 363 g/mol. The van der Waals surface area contributed by atoms with E-state index in [1.807, 2.05) is 66.2 Å². The molecule has 27 heavy (non-hydrogen) atoms. The Balaban J connectivity index is 1.62. The predicted octanol–water partition coefficient (Wildman–Crippen LogP) is 4.47. The molecule has 0 saturated heterocycles. The van der Waals surface area contributed by atoms with Gasteiger partial charge in [0, 0.05) is 30.4 Å². The van der Waals surface area contributed by atoms with Gasteiger partial charge in [0.1, 0.15) is 5.82 Å². The number of nitrogens with zero attached hydrogens (tertiary/aromatic N) is 3. The minimum absolute atomic E-state index is 0.0258. The Bertz CT molecular complexity index is 995. The number of halogens is 1. The fourth-order valence-electron chi connectivity index (χ4n) is 3.75. The summed E-state index contributed by atoms with van der Waals surface area (Å²) in [6, 6.07) is 12.3. The van der Waals surface area contributed by atoms with E-state index in [4.69, 9.17) is 0 Å². The number of rotatable bonds is 3. The molecule has 2 heterocycles. The van der Waals surface area contributed by atoms with Crippen LogP contribution in [0.3, 0.4) is 0 Å². The number of fused-ring (bicyclic) bond motifs is 1. The van der Waals surface area contributed by atoms with Crippen molar-refractivity contribution in [1.82, 2.24) is 14.7 Å². The molecule has 2 aromatic carbocycles. The van der Waals surface area contributed by atoms with Crippen molar-refractivity contribution >= 4 is 5.91 Å². The van der Waals surface area contributed by atoms with Crippen LogP contribution in [0, 0.1) is 5.82 Å². The molecule has 0 unspecified atom stereocenters. The topological polar surface area (TPSA) is 38.1 Å². The first-order valence-corrected chi connectivity index (χ1v) is 9.29. The van der Waals surface area contributed by atoms with Gasteiger partial charge in [-0.05, 0) is 61.2 Å². The lowest BCUT2D eigenvalue weighted by molar-refractivity contribution is 0.0677. The zero-order valence-corrected chi connectivity index (χ0v) is 15.5. The molecular weight excluding hydrogens is 341 g/mol. The van der Waals surface area contributed by atoms with E-state index in [0.29, 0.717) is 12.1 Å². The first-order valence-electron chi connectivity index (χ1n) is 9.29. The Kier molecular flexibility index (Phi) is 4.52. The SMILES string of the molecule is CCn1cc(-c2cccc(C(=O)N3CCc4ccc(F)cc4[C@@H]3C)c2)cn1. The Labute approximate surface area is 158 Å². The summed E-state index contributed by atoms with van der Waals surface area (Å²) in [5, 5.41) is 4.31. The Morgan fingerprint density at radius 2 is 2.07 bits per heavy atom. The van der Waals surface area contributed by atoms with E-state index in [1.54, 1.807) is 6.07 Å². The van der Waals surface area contributed by atoms with Crippen LogP contribution in [-0.2, 0) is 13.0 Å². The second-order valence-electron chi connectivity index (χ2n) is 6.93. The van der Waals surface area contributed by atoms with Crippen LogP contribution < -0.4 is 0 Å². The van der Waals surface area contributed by atoms with Crippen molar-refractivity contribution in [2.75, 3.05) is 6.54 Å². The summed E-state index contributed by atoms with van der Waals surface area (Å²) in [5.74, 6) is -0.285. The molecule has 0 fully saturated rings. The highest BCUT2D eigenvalue weighted by atomic mass is 19.1. The van der Waals surface area contributed by atoms with Gasteiger partial charge in [-0.15, -0.1) is 0 Å². The van der Waals surface area contributed by atoms with Gasteiger partial charge in [-0.1, -0.05) is 18.2 Å². The molecule has 3 aromatic rings. The molecule has 1 aliphatic heterocycles. The maximum atomic E-state index is 13.7. The van der Waals surface area contributed by atoms with Crippen molar-refractivity contribution in [3.8, 4) is 11.1 Å². The summed E-state index contributed by atoms with van der Waals surface area (Å²) < 4.78 is 15.5. The van der Waals surface area contributed by atoms with Gasteiger partial charge in [-0.2, -0.15) is 5.10 Å². The van der Waals surface area contributed by atoms with Gasteiger partial charge in [0.25, 0.3) is 5.91 Å². The quantitative estimate of drug-likeness (QED) is 0.689. The Morgan fingerprint density at radius 1 is 1.22 bits per heavy atom. The maximum absolute atomic E-state index is 13.7. The Morgan fingerprint density at radius 3 is 2.85 bits per heavy atom. The number of carbonyl (C=O) groups excluding carboxylic acids is 1. The minimum Gasteiger partial charge on any atom is -0.332 e. The van der Waals surface area contributed by atoms with Crippen molar-refractivity contribution in [3.05, 3.63) is 77.4 Å². The van der Waals surface area contributed by atoms with Crippen LogP contribution in [0.25, 0.3) is 11.1 Å². The van der Waals surface area contributed by atoms with E-state index < -0.39 is 0 Å². The minimum atomic E-state index is -0.259. The average Bonchev–Trinajstić information content (AvgIpc) is 3.18. The van der Waals surface area contributed by atoms with Crippen molar-refractivity contribution in [3.63, 3.8) is 0 Å². The van der Waals surface area contributed by atoms with Gasteiger partial charge in [0.05, 0.1) is 12.2 Å². The predicted molar refractivity (Wildman–Crippen MR) is 103 cm³/mol. The van der Waals surface area contributed by atoms with Crippen LogP contribution in [-0.4, -0.2) is 27.1 Å². The number of carbonyl (C=O) groups is 1. The molecule has 0 N–H and O–H groups in total. The molecule has 0 bridgehead atoms. The van der Waals surface area contributed by atoms with Crippen LogP contribution in [0.1, 0.15) is 41.4 Å². The maximum Gasteiger partial charge on any atom is 0.254 e. The van der Waals surface area contributed by atoms with E-state index in [9.17, 15) is 9.18 Å². The van der Waals surface area contributed by atoms with Crippen molar-refractivity contribution in [2.24, 2.45) is 0 Å².